The van der Waals surface area contributed by atoms with Crippen LogP contribution in [0.4, 0.5) is 0 Å². The average molecular weight is 561 g/mol. The van der Waals surface area contributed by atoms with Crippen LogP contribution < -0.4 is 0 Å². The standard InChI is InChI=1S/C32H48O8/c1-18(34)39-28(5,6)13-12-24(37)31(9)26-22(36)15-29(7)23-11-10-20(27(2,3)4)21(14-19(35)17-33)30(23,8)25(38)16-32(26,29)40-31/h10,12-13,19,21-23,26,33,35-36H,11,14-17H2,1-9H3/b13-12+/t19?,21?,22-,23?,26-,29+,30-,31?,32+/m0/s1. The molecule has 8 heteroatoms. The van der Waals surface area contributed by atoms with E-state index in [-0.39, 0.29) is 48.3 Å². The summed E-state index contributed by atoms with van der Waals surface area (Å²) in [5.74, 6) is -1.80. The van der Waals surface area contributed by atoms with E-state index in [0.29, 0.717) is 12.8 Å². The van der Waals surface area contributed by atoms with Gasteiger partial charge in [-0.2, -0.15) is 0 Å². The lowest BCUT2D eigenvalue weighted by atomic mass is 9.40. The van der Waals surface area contributed by atoms with Crippen LogP contribution in [0.25, 0.3) is 0 Å². The maximum Gasteiger partial charge on any atom is 0.303 e. The third kappa shape index (κ3) is 4.36. The van der Waals surface area contributed by atoms with Gasteiger partial charge in [-0.05, 0) is 69.4 Å². The van der Waals surface area contributed by atoms with Gasteiger partial charge >= 0.3 is 5.97 Å². The maximum atomic E-state index is 14.3. The molecule has 0 aromatic heterocycles. The minimum Gasteiger partial charge on any atom is -0.456 e. The predicted molar refractivity (Wildman–Crippen MR) is 149 cm³/mol. The van der Waals surface area contributed by atoms with Crippen LogP contribution in [0.2, 0.25) is 0 Å². The van der Waals surface area contributed by atoms with Crippen LogP contribution in [-0.2, 0) is 23.9 Å². The average Bonchev–Trinajstić information content (AvgIpc) is 2.98. The van der Waals surface area contributed by atoms with E-state index in [0.717, 1.165) is 5.57 Å². The second kappa shape index (κ2) is 9.58. The lowest BCUT2D eigenvalue weighted by Gasteiger charge is -2.69. The third-order valence-electron chi connectivity index (χ3n) is 10.8. The van der Waals surface area contributed by atoms with Crippen LogP contribution in [-0.4, -0.2) is 68.5 Å². The first-order valence-corrected chi connectivity index (χ1v) is 14.5. The van der Waals surface area contributed by atoms with Crippen LogP contribution in [0.15, 0.2) is 23.8 Å². The van der Waals surface area contributed by atoms with Crippen molar-refractivity contribution < 1.29 is 39.2 Å². The number of fused-ring (bicyclic) bond motifs is 2. The van der Waals surface area contributed by atoms with Gasteiger partial charge in [-0.3, -0.25) is 14.4 Å². The first kappa shape index (κ1) is 31.1. The largest absolute Gasteiger partial charge is 0.456 e. The lowest BCUT2D eigenvalue weighted by Crippen LogP contribution is -2.78. The molecule has 0 aromatic rings. The van der Waals surface area contributed by atoms with Crippen molar-refractivity contribution in [3.8, 4) is 0 Å². The highest BCUT2D eigenvalue weighted by atomic mass is 16.6. The lowest BCUT2D eigenvalue weighted by molar-refractivity contribution is -0.345. The summed E-state index contributed by atoms with van der Waals surface area (Å²) in [6.45, 7) is 16.4. The molecule has 8 nitrogen and oxygen atoms in total. The van der Waals surface area contributed by atoms with E-state index in [1.165, 1.54) is 19.1 Å². The van der Waals surface area contributed by atoms with Crippen LogP contribution >= 0.6 is 0 Å². The van der Waals surface area contributed by atoms with Crippen molar-refractivity contribution in [2.45, 2.75) is 117 Å². The highest BCUT2D eigenvalue weighted by Crippen LogP contribution is 2.75. The normalized spacial score (nSPS) is 41.9. The maximum absolute atomic E-state index is 14.3. The molecule has 0 bridgehead atoms. The van der Waals surface area contributed by atoms with Crippen molar-refractivity contribution in [2.24, 2.45) is 34.0 Å². The van der Waals surface area contributed by atoms with E-state index in [1.807, 2.05) is 6.92 Å². The zero-order valence-electron chi connectivity index (χ0n) is 25.5. The number of allylic oxidation sites excluding steroid dienone is 2. The van der Waals surface area contributed by atoms with E-state index in [2.05, 4.69) is 33.8 Å². The molecule has 0 amide bonds. The second-order valence-electron chi connectivity index (χ2n) is 14.9. The Morgan fingerprint density at radius 2 is 1.82 bits per heavy atom. The summed E-state index contributed by atoms with van der Waals surface area (Å²) in [5, 5.41) is 31.7. The molecule has 1 heterocycles. The number of carbonyl (C=O) groups excluding carboxylic acids is 3. The highest BCUT2D eigenvalue weighted by Gasteiger charge is 2.83. The van der Waals surface area contributed by atoms with Gasteiger partial charge in [0.15, 0.2) is 5.78 Å². The molecule has 9 atom stereocenters. The molecule has 4 rings (SSSR count). The number of ether oxygens (including phenoxy) is 2. The first-order valence-electron chi connectivity index (χ1n) is 14.5. The number of ketones is 2. The second-order valence-corrected chi connectivity index (χ2v) is 14.9. The first-order chi connectivity index (χ1) is 18.2. The molecule has 3 aliphatic carbocycles. The quantitative estimate of drug-likeness (QED) is 0.244. The summed E-state index contributed by atoms with van der Waals surface area (Å²) in [7, 11) is 0. The molecule has 0 radical (unpaired) electrons. The van der Waals surface area contributed by atoms with Gasteiger partial charge < -0.3 is 24.8 Å². The minimum atomic E-state index is -1.32. The van der Waals surface area contributed by atoms with Crippen molar-refractivity contribution >= 4 is 17.5 Å². The van der Waals surface area contributed by atoms with Gasteiger partial charge in [0.25, 0.3) is 0 Å². The number of carbonyl (C=O) groups is 3. The zero-order valence-corrected chi connectivity index (χ0v) is 25.5. The molecule has 1 spiro atoms. The molecular weight excluding hydrogens is 512 g/mol. The van der Waals surface area contributed by atoms with Crippen molar-refractivity contribution in [1.82, 2.24) is 0 Å². The van der Waals surface area contributed by atoms with E-state index in [9.17, 15) is 29.7 Å². The van der Waals surface area contributed by atoms with Crippen LogP contribution in [0.1, 0.15) is 88.0 Å². The Balaban J connectivity index is 1.72. The zero-order chi connectivity index (χ0) is 30.3. The Kier molecular flexibility index (Phi) is 7.44. The van der Waals surface area contributed by atoms with Crippen LogP contribution in [0.3, 0.4) is 0 Å². The molecule has 3 N–H and O–H groups in total. The molecule has 2 saturated carbocycles. The topological polar surface area (TPSA) is 130 Å². The van der Waals surface area contributed by atoms with Crippen molar-refractivity contribution in [2.75, 3.05) is 6.61 Å². The van der Waals surface area contributed by atoms with Gasteiger partial charge in [0, 0.05) is 24.2 Å². The monoisotopic (exact) mass is 560 g/mol. The number of aliphatic hydroxyl groups is 3. The number of esters is 1. The van der Waals surface area contributed by atoms with Crippen molar-refractivity contribution in [3.05, 3.63) is 23.8 Å². The Labute approximate surface area is 238 Å². The van der Waals surface area contributed by atoms with Gasteiger partial charge in [0.05, 0.1) is 30.3 Å². The van der Waals surface area contributed by atoms with Gasteiger partial charge in [0.1, 0.15) is 17.0 Å². The van der Waals surface area contributed by atoms with Crippen LogP contribution in [0, 0.1) is 34.0 Å². The van der Waals surface area contributed by atoms with Crippen molar-refractivity contribution in [3.63, 3.8) is 0 Å². The predicted octanol–water partition coefficient (Wildman–Crippen LogP) is 3.70. The van der Waals surface area contributed by atoms with E-state index in [4.69, 9.17) is 9.47 Å². The Morgan fingerprint density at radius 3 is 2.38 bits per heavy atom. The number of hydrogen-bond donors (Lipinski definition) is 3. The summed E-state index contributed by atoms with van der Waals surface area (Å²) in [6.07, 6.45) is 4.66. The number of rotatable bonds is 7. The Morgan fingerprint density at radius 1 is 1.20 bits per heavy atom. The van der Waals surface area contributed by atoms with Gasteiger partial charge in [-0.15, -0.1) is 0 Å². The summed E-state index contributed by atoms with van der Waals surface area (Å²) in [4.78, 5) is 39.3. The number of hydrogen-bond acceptors (Lipinski definition) is 8. The molecule has 224 valence electrons. The Hall–Kier alpha value is -1.87. The minimum absolute atomic E-state index is 0.0140. The molecule has 1 saturated heterocycles. The molecular formula is C32H48O8. The van der Waals surface area contributed by atoms with Gasteiger partial charge in [-0.25, -0.2) is 0 Å². The Bertz CT molecular complexity index is 1150. The summed E-state index contributed by atoms with van der Waals surface area (Å²) >= 11 is 0. The third-order valence-corrected chi connectivity index (χ3v) is 10.8. The molecule has 0 aromatic carbocycles. The molecule has 1 aliphatic heterocycles. The van der Waals surface area contributed by atoms with Gasteiger partial charge in [0.2, 0.25) is 0 Å². The van der Waals surface area contributed by atoms with E-state index in [1.54, 1.807) is 20.8 Å². The van der Waals surface area contributed by atoms with E-state index < -0.39 is 51.7 Å². The summed E-state index contributed by atoms with van der Waals surface area (Å²) in [6, 6.07) is 0. The molecule has 4 aliphatic rings. The molecule has 4 unspecified atom stereocenters. The highest BCUT2D eigenvalue weighted by molar-refractivity contribution is 5.99. The fraction of sp³-hybridized carbons (Fsp3) is 0.781. The number of Topliss-reactive ketones (excluding diaryl/α,β-unsaturated/α-hetero) is 1. The fourth-order valence-electron chi connectivity index (χ4n) is 9.09. The SMILES string of the molecule is CC(=O)OC(C)(C)/C=C/C(=O)C1(C)O[C@@]23CC(=O)[C@@]4(C)C(CC(O)CO)C(C(C)(C)C)=CCC4[C@@]2(C)C[C@H](O)[C@@H]13. The fourth-order valence-corrected chi connectivity index (χ4v) is 9.09. The smallest absolute Gasteiger partial charge is 0.303 e. The van der Waals surface area contributed by atoms with Crippen LogP contribution in [0.5, 0.6) is 0 Å². The molecule has 40 heavy (non-hydrogen) atoms. The van der Waals surface area contributed by atoms with E-state index >= 15 is 0 Å². The van der Waals surface area contributed by atoms with Gasteiger partial charge in [-0.1, -0.05) is 46.3 Å². The molecule has 3 fully saturated rings. The number of aliphatic hydroxyl groups excluding tert-OH is 3. The summed E-state index contributed by atoms with van der Waals surface area (Å²) < 4.78 is 11.9. The summed E-state index contributed by atoms with van der Waals surface area (Å²) in [5.41, 5.74) is -3.83. The van der Waals surface area contributed by atoms with Crippen molar-refractivity contribution in [1.29, 1.82) is 0 Å².